The largest absolute Gasteiger partial charge is 0.494 e. The van der Waals surface area contributed by atoms with Crippen molar-refractivity contribution in [3.63, 3.8) is 0 Å². The molecule has 3 N–H and O–H groups in total. The Morgan fingerprint density at radius 1 is 1.22 bits per heavy atom. The molecule has 1 aromatic carbocycles. The van der Waals surface area contributed by atoms with Gasteiger partial charge < -0.3 is 15.4 Å². The molecule has 1 amide bonds. The minimum absolute atomic E-state index is 0.0389. The number of aromatic nitrogens is 2. The van der Waals surface area contributed by atoms with Gasteiger partial charge in [-0.25, -0.2) is 14.7 Å². The predicted octanol–water partition coefficient (Wildman–Crippen LogP) is 4.18. The monoisotopic (exact) mass is 523 g/mol. The van der Waals surface area contributed by atoms with Gasteiger partial charge >= 0.3 is 0 Å². The minimum Gasteiger partial charge on any atom is -0.494 e. The number of pyridine rings is 2. The molecule has 1 unspecified atom stereocenters. The molecule has 1 aliphatic rings. The van der Waals surface area contributed by atoms with Gasteiger partial charge in [0.05, 0.1) is 12.2 Å². The fraction of sp³-hybridized carbons (Fsp3) is 0.370. The number of nitrogens with one attached hydrogen (secondary N) is 1. The van der Waals surface area contributed by atoms with Crippen molar-refractivity contribution in [2.75, 3.05) is 23.8 Å². The van der Waals surface area contributed by atoms with E-state index in [4.69, 9.17) is 15.5 Å². The Balaban J connectivity index is 1.80. The summed E-state index contributed by atoms with van der Waals surface area (Å²) in [5, 5.41) is -0.332. The van der Waals surface area contributed by atoms with Gasteiger partial charge in [-0.05, 0) is 81.5 Å². The molecule has 3 heterocycles. The summed E-state index contributed by atoms with van der Waals surface area (Å²) in [7, 11) is -4.27. The van der Waals surface area contributed by atoms with E-state index in [0.717, 1.165) is 17.5 Å². The smallest absolute Gasteiger partial charge is 0.281 e. The first-order chi connectivity index (χ1) is 17.4. The molecule has 4 rings (SSSR count). The Bertz CT molecular complexity index is 1440. The molecule has 1 saturated heterocycles. The van der Waals surface area contributed by atoms with E-state index in [2.05, 4.69) is 35.4 Å². The van der Waals surface area contributed by atoms with Crippen LogP contribution >= 0.6 is 0 Å². The Morgan fingerprint density at radius 3 is 2.62 bits per heavy atom. The number of ether oxygens (including phenoxy) is 1. The summed E-state index contributed by atoms with van der Waals surface area (Å²) < 4.78 is 33.8. The summed E-state index contributed by atoms with van der Waals surface area (Å²) >= 11 is 0. The molecular weight excluding hydrogens is 490 g/mol. The molecular formula is C27H33N5O4S. The lowest BCUT2D eigenvalue weighted by atomic mass is 9.97. The van der Waals surface area contributed by atoms with Crippen LogP contribution in [0.5, 0.6) is 5.75 Å². The van der Waals surface area contributed by atoms with E-state index >= 15 is 0 Å². The summed E-state index contributed by atoms with van der Waals surface area (Å²) in [5.74, 6) is 0.776. The number of sulfonamides is 1. The molecule has 0 bridgehead atoms. The van der Waals surface area contributed by atoms with Crippen molar-refractivity contribution in [2.45, 2.75) is 51.6 Å². The maximum absolute atomic E-state index is 13.6. The molecule has 0 spiro atoms. The van der Waals surface area contributed by atoms with E-state index in [0.29, 0.717) is 36.2 Å². The van der Waals surface area contributed by atoms with Gasteiger partial charge in [-0.15, -0.1) is 0 Å². The number of nitrogens with zero attached hydrogens (tertiary/aromatic N) is 3. The molecule has 37 heavy (non-hydrogen) atoms. The fourth-order valence-electron chi connectivity index (χ4n) is 4.93. The summed E-state index contributed by atoms with van der Waals surface area (Å²) in [6, 6.07) is 11.7. The van der Waals surface area contributed by atoms with Crippen molar-refractivity contribution in [3.05, 3.63) is 59.8 Å². The summed E-state index contributed by atoms with van der Waals surface area (Å²) in [6.45, 7) is 11.4. The third kappa shape index (κ3) is 5.69. The highest BCUT2D eigenvalue weighted by Gasteiger charge is 2.39. The van der Waals surface area contributed by atoms with Crippen LogP contribution in [0.4, 0.5) is 11.6 Å². The number of carbonyl (C=O) groups is 1. The highest BCUT2D eigenvalue weighted by Crippen LogP contribution is 2.38. The first-order valence-corrected chi connectivity index (χ1v) is 13.7. The van der Waals surface area contributed by atoms with Crippen molar-refractivity contribution in [2.24, 2.45) is 5.92 Å². The van der Waals surface area contributed by atoms with E-state index in [1.165, 1.54) is 18.2 Å². The van der Waals surface area contributed by atoms with Crippen LogP contribution < -0.4 is 20.1 Å². The van der Waals surface area contributed by atoms with Crippen molar-refractivity contribution in [1.82, 2.24) is 14.7 Å². The SMILES string of the molecule is CCOc1cc(C)cc(-c2cnc(N3CC(C)CC3(C)C)c(C(=O)NS(=O)(=O)c3cccc(N)n3)c2)c1. The molecule has 3 aromatic rings. The number of hydrogen-bond donors (Lipinski definition) is 2. The first kappa shape index (κ1) is 26.4. The van der Waals surface area contributed by atoms with Gasteiger partial charge in [-0.3, -0.25) is 4.79 Å². The Hall–Kier alpha value is -3.66. The molecule has 0 saturated carbocycles. The van der Waals surface area contributed by atoms with E-state index in [1.54, 1.807) is 12.3 Å². The highest BCUT2D eigenvalue weighted by atomic mass is 32.2. The summed E-state index contributed by atoms with van der Waals surface area (Å²) in [4.78, 5) is 24.2. The Kier molecular flexibility index (Phi) is 7.14. The molecule has 196 valence electrons. The van der Waals surface area contributed by atoms with E-state index in [-0.39, 0.29) is 21.9 Å². The molecule has 1 fully saturated rings. The van der Waals surface area contributed by atoms with Gasteiger partial charge in [0.15, 0.2) is 5.03 Å². The lowest BCUT2D eigenvalue weighted by Crippen LogP contribution is -2.41. The number of amides is 1. The van der Waals surface area contributed by atoms with Crippen LogP contribution in [0.3, 0.4) is 0 Å². The molecule has 0 aliphatic carbocycles. The lowest BCUT2D eigenvalue weighted by Gasteiger charge is -2.33. The zero-order valence-electron chi connectivity index (χ0n) is 21.8. The Morgan fingerprint density at radius 2 is 1.97 bits per heavy atom. The average molecular weight is 524 g/mol. The number of benzene rings is 1. The third-order valence-electron chi connectivity index (χ3n) is 6.38. The van der Waals surface area contributed by atoms with Crippen molar-refractivity contribution in [1.29, 1.82) is 0 Å². The summed E-state index contributed by atoms with van der Waals surface area (Å²) in [6.07, 6.45) is 2.63. The first-order valence-electron chi connectivity index (χ1n) is 12.2. The van der Waals surface area contributed by atoms with Gasteiger partial charge in [-0.1, -0.05) is 19.1 Å². The van der Waals surface area contributed by atoms with Crippen molar-refractivity contribution in [3.8, 4) is 16.9 Å². The molecule has 1 atom stereocenters. The van der Waals surface area contributed by atoms with Crippen LogP contribution in [-0.4, -0.2) is 43.0 Å². The van der Waals surface area contributed by atoms with Crippen molar-refractivity contribution < 1.29 is 17.9 Å². The zero-order chi connectivity index (χ0) is 27.0. The number of rotatable bonds is 7. The fourth-order valence-corrected chi connectivity index (χ4v) is 5.87. The van der Waals surface area contributed by atoms with Crippen LogP contribution in [-0.2, 0) is 10.0 Å². The topological polar surface area (TPSA) is 128 Å². The van der Waals surface area contributed by atoms with Gasteiger partial charge in [-0.2, -0.15) is 8.42 Å². The standard InChI is InChI=1S/C27H33N5O4S/c1-6-36-21-11-17(2)10-19(12-21)20-13-22(25(29-15-20)32-16-18(3)14-27(32,4)5)26(33)31-37(34,35)24-9-7-8-23(28)30-24/h7-13,15,18H,6,14,16H2,1-5H3,(H2,28,30)(H,31,33). The molecule has 0 radical (unpaired) electrons. The van der Waals surface area contributed by atoms with Crippen LogP contribution in [0, 0.1) is 12.8 Å². The maximum Gasteiger partial charge on any atom is 0.281 e. The average Bonchev–Trinajstić information content (AvgIpc) is 3.09. The maximum atomic E-state index is 13.6. The molecule has 1 aliphatic heterocycles. The van der Waals surface area contributed by atoms with E-state index in [9.17, 15) is 13.2 Å². The normalized spacial score (nSPS) is 17.0. The van der Waals surface area contributed by atoms with Gasteiger partial charge in [0, 0.05) is 23.8 Å². The van der Waals surface area contributed by atoms with Crippen LogP contribution in [0.15, 0.2) is 53.7 Å². The van der Waals surface area contributed by atoms with Gasteiger partial charge in [0.25, 0.3) is 15.9 Å². The zero-order valence-corrected chi connectivity index (χ0v) is 22.6. The second-order valence-electron chi connectivity index (χ2n) is 10.1. The number of carbonyl (C=O) groups excluding carboxylic acids is 1. The number of nitrogens with two attached hydrogens (primary N) is 1. The van der Waals surface area contributed by atoms with Crippen LogP contribution in [0.25, 0.3) is 11.1 Å². The highest BCUT2D eigenvalue weighted by molar-refractivity contribution is 7.90. The Labute approximate surface area is 218 Å². The number of nitrogen functional groups attached to an aromatic ring is 1. The van der Waals surface area contributed by atoms with E-state index < -0.39 is 15.9 Å². The number of anilines is 2. The molecule has 9 nitrogen and oxygen atoms in total. The lowest BCUT2D eigenvalue weighted by molar-refractivity contribution is 0.0981. The second-order valence-corrected chi connectivity index (χ2v) is 11.8. The van der Waals surface area contributed by atoms with Crippen LogP contribution in [0.1, 0.15) is 50.0 Å². The molecule has 2 aromatic heterocycles. The second kappa shape index (κ2) is 10.0. The van der Waals surface area contributed by atoms with Gasteiger partial charge in [0.2, 0.25) is 0 Å². The predicted molar refractivity (Wildman–Crippen MR) is 144 cm³/mol. The third-order valence-corrected chi connectivity index (χ3v) is 7.61. The number of hydrogen-bond acceptors (Lipinski definition) is 8. The van der Waals surface area contributed by atoms with Gasteiger partial charge in [0.1, 0.15) is 17.4 Å². The molecule has 10 heteroatoms. The quantitative estimate of drug-likeness (QED) is 0.472. The van der Waals surface area contributed by atoms with Crippen molar-refractivity contribution >= 4 is 27.6 Å². The summed E-state index contributed by atoms with van der Waals surface area (Å²) in [5.41, 5.74) is 8.03. The van der Waals surface area contributed by atoms with E-state index in [1.807, 2.05) is 32.0 Å². The van der Waals surface area contributed by atoms with Crippen LogP contribution in [0.2, 0.25) is 0 Å². The minimum atomic E-state index is -4.27. The number of aryl methyl sites for hydroxylation is 1.